The van der Waals surface area contributed by atoms with Gasteiger partial charge in [-0.1, -0.05) is 0 Å². The van der Waals surface area contributed by atoms with Crippen LogP contribution in [0.4, 0.5) is 13.2 Å². The zero-order chi connectivity index (χ0) is 15.3. The normalized spacial score (nSPS) is 17.3. The number of aryl methyl sites for hydroxylation is 1. The van der Waals surface area contributed by atoms with Crippen LogP contribution in [0.15, 0.2) is 6.20 Å². The van der Waals surface area contributed by atoms with Crippen LogP contribution in [0.1, 0.15) is 17.7 Å². The molecule has 1 aromatic heterocycles. The molecule has 8 heteroatoms. The minimum atomic E-state index is -4.40. The van der Waals surface area contributed by atoms with Gasteiger partial charge in [-0.2, -0.15) is 18.3 Å². The summed E-state index contributed by atoms with van der Waals surface area (Å²) in [5, 5.41) is 6.54. The Labute approximate surface area is 122 Å². The molecule has 1 N–H and O–H groups in total. The summed E-state index contributed by atoms with van der Waals surface area (Å²) in [4.78, 5) is 2.30. The smallest absolute Gasteiger partial charge is 0.379 e. The zero-order valence-electron chi connectivity index (χ0n) is 12.1. The highest BCUT2D eigenvalue weighted by atomic mass is 19.4. The first-order valence-electron chi connectivity index (χ1n) is 7.07. The third-order valence-corrected chi connectivity index (χ3v) is 3.42. The molecule has 0 radical (unpaired) electrons. The molecule has 0 aromatic carbocycles. The highest BCUT2D eigenvalue weighted by Crippen LogP contribution is 2.30. The fourth-order valence-electron chi connectivity index (χ4n) is 2.38. The van der Waals surface area contributed by atoms with E-state index in [1.807, 2.05) is 0 Å². The maximum Gasteiger partial charge on any atom is 0.435 e. The number of alkyl halides is 3. The number of nitrogens with zero attached hydrogens (tertiary/aromatic N) is 3. The Morgan fingerprint density at radius 1 is 1.33 bits per heavy atom. The predicted octanol–water partition coefficient (Wildman–Crippen LogP) is 1.25. The molecule has 0 spiro atoms. The van der Waals surface area contributed by atoms with Gasteiger partial charge in [-0.25, -0.2) is 0 Å². The summed E-state index contributed by atoms with van der Waals surface area (Å²) in [6, 6.07) is 0. The van der Waals surface area contributed by atoms with Gasteiger partial charge in [-0.15, -0.1) is 0 Å². The van der Waals surface area contributed by atoms with E-state index >= 15 is 0 Å². The molecule has 0 amide bonds. The van der Waals surface area contributed by atoms with Crippen molar-refractivity contribution in [3.63, 3.8) is 0 Å². The van der Waals surface area contributed by atoms with E-state index in [4.69, 9.17) is 4.74 Å². The number of ether oxygens (including phenoxy) is 1. The monoisotopic (exact) mass is 306 g/mol. The van der Waals surface area contributed by atoms with Crippen LogP contribution in [-0.4, -0.2) is 54.1 Å². The molecule has 2 heterocycles. The lowest BCUT2D eigenvalue weighted by atomic mass is 10.2. The molecule has 2 rings (SSSR count). The summed E-state index contributed by atoms with van der Waals surface area (Å²) >= 11 is 0. The molecule has 21 heavy (non-hydrogen) atoms. The molecule has 1 aliphatic heterocycles. The van der Waals surface area contributed by atoms with Crippen molar-refractivity contribution in [1.82, 2.24) is 20.0 Å². The predicted molar refractivity (Wildman–Crippen MR) is 71.8 cm³/mol. The molecular weight excluding hydrogens is 285 g/mol. The Bertz CT molecular complexity index is 441. The van der Waals surface area contributed by atoms with Gasteiger partial charge < -0.3 is 10.1 Å². The van der Waals surface area contributed by atoms with E-state index in [-0.39, 0.29) is 12.1 Å². The Balaban J connectivity index is 1.71. The van der Waals surface area contributed by atoms with Gasteiger partial charge in [0.15, 0.2) is 5.69 Å². The topological polar surface area (TPSA) is 42.3 Å². The molecule has 120 valence electrons. The third-order valence-electron chi connectivity index (χ3n) is 3.42. The van der Waals surface area contributed by atoms with Crippen LogP contribution in [-0.2, 0) is 24.5 Å². The Kier molecular flexibility index (Phi) is 5.60. The van der Waals surface area contributed by atoms with Crippen molar-refractivity contribution in [1.29, 1.82) is 0 Å². The lowest BCUT2D eigenvalue weighted by Gasteiger charge is -2.26. The van der Waals surface area contributed by atoms with Gasteiger partial charge in [-0.3, -0.25) is 9.58 Å². The molecule has 1 fully saturated rings. The molecule has 0 aliphatic carbocycles. The number of nitrogens with one attached hydrogen (secondary N) is 1. The van der Waals surface area contributed by atoms with Crippen LogP contribution in [0.3, 0.4) is 0 Å². The molecule has 5 nitrogen and oxygen atoms in total. The van der Waals surface area contributed by atoms with Gasteiger partial charge in [0.1, 0.15) is 0 Å². The maximum atomic E-state index is 12.8. The SMILES string of the molecule is Cn1cc(CNCCCN2CCOCC2)c(C(F)(F)F)n1. The van der Waals surface area contributed by atoms with E-state index in [2.05, 4.69) is 15.3 Å². The van der Waals surface area contributed by atoms with Crippen molar-refractivity contribution in [3.8, 4) is 0 Å². The molecule has 1 aromatic rings. The van der Waals surface area contributed by atoms with Gasteiger partial charge in [0.2, 0.25) is 0 Å². The van der Waals surface area contributed by atoms with Crippen molar-refractivity contribution in [2.24, 2.45) is 7.05 Å². The van der Waals surface area contributed by atoms with Gasteiger partial charge in [0.05, 0.1) is 13.2 Å². The second-order valence-electron chi connectivity index (χ2n) is 5.16. The Morgan fingerprint density at radius 2 is 2.05 bits per heavy atom. The number of hydrogen-bond donors (Lipinski definition) is 1. The second-order valence-corrected chi connectivity index (χ2v) is 5.16. The zero-order valence-corrected chi connectivity index (χ0v) is 12.1. The van der Waals surface area contributed by atoms with Crippen LogP contribution in [0.5, 0.6) is 0 Å². The standard InChI is InChI=1S/C13H21F3N4O/c1-19-10-11(12(18-19)13(14,15)16)9-17-3-2-4-20-5-7-21-8-6-20/h10,17H,2-9H2,1H3. The summed E-state index contributed by atoms with van der Waals surface area (Å²) in [5.74, 6) is 0. The number of aromatic nitrogens is 2. The van der Waals surface area contributed by atoms with E-state index < -0.39 is 11.9 Å². The van der Waals surface area contributed by atoms with Gasteiger partial charge >= 0.3 is 6.18 Å². The van der Waals surface area contributed by atoms with Crippen molar-refractivity contribution in [2.75, 3.05) is 39.4 Å². The first kappa shape index (κ1) is 16.3. The van der Waals surface area contributed by atoms with Gasteiger partial charge in [0, 0.05) is 38.4 Å². The summed E-state index contributed by atoms with van der Waals surface area (Å²) in [6.45, 7) is 5.20. The van der Waals surface area contributed by atoms with Crippen LogP contribution in [0.25, 0.3) is 0 Å². The second kappa shape index (κ2) is 7.24. The van der Waals surface area contributed by atoms with E-state index in [1.165, 1.54) is 17.9 Å². The number of hydrogen-bond acceptors (Lipinski definition) is 4. The fourth-order valence-corrected chi connectivity index (χ4v) is 2.38. The number of rotatable bonds is 6. The lowest BCUT2D eigenvalue weighted by Crippen LogP contribution is -2.37. The largest absolute Gasteiger partial charge is 0.435 e. The Morgan fingerprint density at radius 3 is 2.71 bits per heavy atom. The molecule has 1 aliphatic rings. The quantitative estimate of drug-likeness (QED) is 0.803. The maximum absolute atomic E-state index is 12.8. The fraction of sp³-hybridized carbons (Fsp3) is 0.769. The molecule has 1 saturated heterocycles. The summed E-state index contributed by atoms with van der Waals surface area (Å²) in [6.07, 6.45) is -2.08. The molecular formula is C13H21F3N4O. The van der Waals surface area contributed by atoms with Crippen LogP contribution in [0, 0.1) is 0 Å². The highest BCUT2D eigenvalue weighted by molar-refractivity contribution is 5.19. The van der Waals surface area contributed by atoms with Crippen molar-refractivity contribution in [2.45, 2.75) is 19.1 Å². The molecule has 0 saturated carbocycles. The van der Waals surface area contributed by atoms with Gasteiger partial charge in [-0.05, 0) is 19.5 Å². The van der Waals surface area contributed by atoms with Crippen molar-refractivity contribution in [3.05, 3.63) is 17.5 Å². The molecule has 0 unspecified atom stereocenters. The van der Waals surface area contributed by atoms with E-state index in [0.717, 1.165) is 39.3 Å². The minimum Gasteiger partial charge on any atom is -0.379 e. The first-order chi connectivity index (χ1) is 9.97. The van der Waals surface area contributed by atoms with Crippen molar-refractivity contribution < 1.29 is 17.9 Å². The van der Waals surface area contributed by atoms with Crippen molar-refractivity contribution >= 4 is 0 Å². The number of halogens is 3. The van der Waals surface area contributed by atoms with E-state index in [9.17, 15) is 13.2 Å². The highest BCUT2D eigenvalue weighted by Gasteiger charge is 2.36. The van der Waals surface area contributed by atoms with Crippen LogP contribution >= 0.6 is 0 Å². The van der Waals surface area contributed by atoms with Crippen LogP contribution < -0.4 is 5.32 Å². The molecule has 0 atom stereocenters. The first-order valence-corrected chi connectivity index (χ1v) is 7.07. The Hall–Kier alpha value is -1.12. The van der Waals surface area contributed by atoms with Gasteiger partial charge in [0.25, 0.3) is 0 Å². The lowest BCUT2D eigenvalue weighted by molar-refractivity contribution is -0.142. The van der Waals surface area contributed by atoms with E-state index in [1.54, 1.807) is 0 Å². The average Bonchev–Trinajstić information content (AvgIpc) is 2.81. The summed E-state index contributed by atoms with van der Waals surface area (Å²) in [5.41, 5.74) is -0.609. The van der Waals surface area contributed by atoms with E-state index in [0.29, 0.717) is 6.54 Å². The molecule has 0 bridgehead atoms. The third kappa shape index (κ3) is 4.98. The minimum absolute atomic E-state index is 0.186. The summed E-state index contributed by atoms with van der Waals surface area (Å²) in [7, 11) is 1.50. The average molecular weight is 306 g/mol. The number of morpholine rings is 1. The van der Waals surface area contributed by atoms with Crippen LogP contribution in [0.2, 0.25) is 0 Å². The summed E-state index contributed by atoms with van der Waals surface area (Å²) < 4.78 is 44.7.